The monoisotopic (exact) mass is 371 g/mol. The molecule has 0 atom stereocenters. The quantitative estimate of drug-likeness (QED) is 0.352. The van der Waals surface area contributed by atoms with Gasteiger partial charge in [-0.25, -0.2) is 0 Å². The van der Waals surface area contributed by atoms with E-state index in [4.69, 9.17) is 0 Å². The number of nitrogens with one attached hydrogen (secondary N) is 2. The molecule has 8 heteroatoms. The summed E-state index contributed by atoms with van der Waals surface area (Å²) in [6, 6.07) is 13.6. The summed E-state index contributed by atoms with van der Waals surface area (Å²) in [7, 11) is 0. The van der Waals surface area contributed by atoms with Crippen LogP contribution in [0, 0.1) is 17.0 Å². The number of nitro groups is 1. The summed E-state index contributed by atoms with van der Waals surface area (Å²) in [6.45, 7) is 1.98. The van der Waals surface area contributed by atoms with E-state index in [1.165, 1.54) is 42.1 Å². The normalized spacial score (nSPS) is 10.5. The van der Waals surface area contributed by atoms with E-state index >= 15 is 0 Å². The average molecular weight is 371 g/mol. The standard InChI is InChI=1S/C18H17N3O4S/c1-13-5-8-16(9-6-13)26-12-18(23)20-19-17(22)10-7-14-3-2-4-15(11-14)21(24)25/h2-11H,12H2,1H3,(H,19,22)(H,20,23)/b10-7+. The molecule has 2 aromatic rings. The Kier molecular flexibility index (Phi) is 6.92. The Morgan fingerprint density at radius 1 is 1.15 bits per heavy atom. The van der Waals surface area contributed by atoms with Crippen LogP contribution in [0.5, 0.6) is 0 Å². The van der Waals surface area contributed by atoms with Crippen molar-refractivity contribution in [3.63, 3.8) is 0 Å². The zero-order valence-electron chi connectivity index (χ0n) is 14.0. The van der Waals surface area contributed by atoms with Crippen molar-refractivity contribution in [1.82, 2.24) is 10.9 Å². The van der Waals surface area contributed by atoms with Gasteiger partial charge in [0.15, 0.2) is 0 Å². The fraction of sp³-hybridized carbons (Fsp3) is 0.111. The molecule has 0 unspecified atom stereocenters. The van der Waals surface area contributed by atoms with Crippen molar-refractivity contribution in [2.75, 3.05) is 5.75 Å². The predicted octanol–water partition coefficient (Wildman–Crippen LogP) is 2.86. The maximum atomic E-state index is 11.7. The highest BCUT2D eigenvalue weighted by molar-refractivity contribution is 8.00. The lowest BCUT2D eigenvalue weighted by atomic mass is 10.2. The number of nitrogens with zero attached hydrogens (tertiary/aromatic N) is 1. The number of hydrazine groups is 1. The van der Waals surface area contributed by atoms with Gasteiger partial charge in [0.05, 0.1) is 10.7 Å². The van der Waals surface area contributed by atoms with Gasteiger partial charge in [0, 0.05) is 23.1 Å². The molecule has 0 aliphatic heterocycles. The second kappa shape index (κ2) is 9.38. The first-order valence-electron chi connectivity index (χ1n) is 7.65. The highest BCUT2D eigenvalue weighted by atomic mass is 32.2. The van der Waals surface area contributed by atoms with Gasteiger partial charge in [-0.3, -0.25) is 30.6 Å². The first-order chi connectivity index (χ1) is 12.4. The van der Waals surface area contributed by atoms with Crippen molar-refractivity contribution in [1.29, 1.82) is 0 Å². The molecule has 0 spiro atoms. The van der Waals surface area contributed by atoms with Crippen LogP contribution in [0.25, 0.3) is 6.08 Å². The van der Waals surface area contributed by atoms with Gasteiger partial charge in [-0.1, -0.05) is 29.8 Å². The highest BCUT2D eigenvalue weighted by Gasteiger charge is 2.05. The van der Waals surface area contributed by atoms with Crippen LogP contribution < -0.4 is 10.9 Å². The second-order valence-corrected chi connectivity index (χ2v) is 6.37. The Morgan fingerprint density at radius 3 is 2.58 bits per heavy atom. The van der Waals surface area contributed by atoms with Gasteiger partial charge in [0.1, 0.15) is 0 Å². The summed E-state index contributed by atoms with van der Waals surface area (Å²) in [5, 5.41) is 10.7. The number of aryl methyl sites for hydroxylation is 1. The maximum absolute atomic E-state index is 11.7. The molecule has 0 heterocycles. The number of carbonyl (C=O) groups is 2. The molecule has 0 aromatic heterocycles. The van der Waals surface area contributed by atoms with Crippen LogP contribution in [0.4, 0.5) is 5.69 Å². The number of benzene rings is 2. The number of hydrogen-bond acceptors (Lipinski definition) is 5. The summed E-state index contributed by atoms with van der Waals surface area (Å²) in [4.78, 5) is 34.6. The molecule has 0 radical (unpaired) electrons. The van der Waals surface area contributed by atoms with Gasteiger partial charge in [-0.15, -0.1) is 11.8 Å². The lowest BCUT2D eigenvalue weighted by molar-refractivity contribution is -0.384. The van der Waals surface area contributed by atoms with Gasteiger partial charge in [-0.2, -0.15) is 0 Å². The number of non-ortho nitro benzene ring substituents is 1. The Hall–Kier alpha value is -3.13. The van der Waals surface area contributed by atoms with E-state index in [9.17, 15) is 19.7 Å². The van der Waals surface area contributed by atoms with Gasteiger partial charge >= 0.3 is 0 Å². The number of rotatable bonds is 6. The van der Waals surface area contributed by atoms with Crippen LogP contribution in [0.3, 0.4) is 0 Å². The molecule has 0 fully saturated rings. The second-order valence-electron chi connectivity index (χ2n) is 5.32. The number of nitro benzene ring substituents is 1. The SMILES string of the molecule is Cc1ccc(SCC(=O)NNC(=O)/C=C/c2cccc([N+](=O)[O-])c2)cc1. The summed E-state index contributed by atoms with van der Waals surface area (Å²) in [5.41, 5.74) is 6.16. The van der Waals surface area contributed by atoms with E-state index in [1.54, 1.807) is 6.07 Å². The Labute approximate surface area is 154 Å². The van der Waals surface area contributed by atoms with Crippen molar-refractivity contribution in [2.24, 2.45) is 0 Å². The van der Waals surface area contributed by atoms with Gasteiger partial charge in [0.25, 0.3) is 11.6 Å². The van der Waals surface area contributed by atoms with Crippen molar-refractivity contribution < 1.29 is 14.5 Å². The fourth-order valence-corrected chi connectivity index (χ4v) is 2.60. The molecule has 7 nitrogen and oxygen atoms in total. The molecule has 134 valence electrons. The maximum Gasteiger partial charge on any atom is 0.270 e. The predicted molar refractivity (Wildman–Crippen MR) is 100 cm³/mol. The Balaban J connectivity index is 1.77. The van der Waals surface area contributed by atoms with E-state index in [1.807, 2.05) is 31.2 Å². The fourth-order valence-electron chi connectivity index (χ4n) is 1.91. The molecule has 26 heavy (non-hydrogen) atoms. The molecular weight excluding hydrogens is 354 g/mol. The van der Waals surface area contributed by atoms with Crippen molar-refractivity contribution in [2.45, 2.75) is 11.8 Å². The number of carbonyl (C=O) groups excluding carboxylic acids is 2. The number of amides is 2. The third-order valence-corrected chi connectivity index (χ3v) is 4.24. The number of thioether (sulfide) groups is 1. The van der Waals surface area contributed by atoms with Crippen LogP contribution in [0.1, 0.15) is 11.1 Å². The van der Waals surface area contributed by atoms with Crippen molar-refractivity contribution in [3.8, 4) is 0 Å². The summed E-state index contributed by atoms with van der Waals surface area (Å²) >= 11 is 1.36. The minimum absolute atomic E-state index is 0.0611. The summed E-state index contributed by atoms with van der Waals surface area (Å²) in [6.07, 6.45) is 2.61. The first kappa shape index (κ1) is 19.2. The number of hydrogen-bond donors (Lipinski definition) is 2. The van der Waals surface area contributed by atoms with Crippen LogP contribution in [-0.2, 0) is 9.59 Å². The van der Waals surface area contributed by atoms with Crippen LogP contribution in [-0.4, -0.2) is 22.5 Å². The van der Waals surface area contributed by atoms with Gasteiger partial charge in [-0.05, 0) is 30.7 Å². The summed E-state index contributed by atoms with van der Waals surface area (Å²) in [5.74, 6) is -0.712. The van der Waals surface area contributed by atoms with Gasteiger partial charge < -0.3 is 0 Å². The molecule has 0 bridgehead atoms. The first-order valence-corrected chi connectivity index (χ1v) is 8.63. The molecule has 2 amide bonds. The third kappa shape index (κ3) is 6.40. The van der Waals surface area contributed by atoms with Crippen molar-refractivity contribution >= 4 is 35.3 Å². The average Bonchev–Trinajstić information content (AvgIpc) is 2.64. The zero-order valence-corrected chi connectivity index (χ0v) is 14.8. The topological polar surface area (TPSA) is 101 Å². The smallest absolute Gasteiger partial charge is 0.270 e. The lowest BCUT2D eigenvalue weighted by Gasteiger charge is -2.05. The molecule has 2 rings (SSSR count). The summed E-state index contributed by atoms with van der Waals surface area (Å²) < 4.78 is 0. The molecule has 0 aliphatic rings. The van der Waals surface area contributed by atoms with E-state index in [0.29, 0.717) is 5.56 Å². The van der Waals surface area contributed by atoms with E-state index in [2.05, 4.69) is 10.9 Å². The molecular formula is C18H17N3O4S. The lowest BCUT2D eigenvalue weighted by Crippen LogP contribution is -2.41. The molecule has 0 saturated carbocycles. The van der Waals surface area contributed by atoms with E-state index in [0.717, 1.165) is 10.5 Å². The minimum atomic E-state index is -0.537. The highest BCUT2D eigenvalue weighted by Crippen LogP contribution is 2.17. The Bertz CT molecular complexity index is 835. The van der Waals surface area contributed by atoms with Gasteiger partial charge in [0.2, 0.25) is 5.91 Å². The Morgan fingerprint density at radius 2 is 1.88 bits per heavy atom. The van der Waals surface area contributed by atoms with Crippen LogP contribution in [0.2, 0.25) is 0 Å². The van der Waals surface area contributed by atoms with Crippen LogP contribution in [0.15, 0.2) is 59.5 Å². The molecule has 2 N–H and O–H groups in total. The van der Waals surface area contributed by atoms with Crippen LogP contribution >= 0.6 is 11.8 Å². The van der Waals surface area contributed by atoms with E-state index in [-0.39, 0.29) is 17.3 Å². The van der Waals surface area contributed by atoms with E-state index < -0.39 is 10.8 Å². The largest absolute Gasteiger partial charge is 0.272 e. The zero-order chi connectivity index (χ0) is 18.9. The van der Waals surface area contributed by atoms with Crippen molar-refractivity contribution in [3.05, 3.63) is 75.8 Å². The third-order valence-electron chi connectivity index (χ3n) is 3.22. The molecule has 0 aliphatic carbocycles. The minimum Gasteiger partial charge on any atom is -0.272 e. The molecule has 0 saturated heterocycles. The molecule has 2 aromatic carbocycles.